The van der Waals surface area contributed by atoms with E-state index in [1.54, 1.807) is 46.8 Å². The number of phenols is 1. The quantitative estimate of drug-likeness (QED) is 0.770. The lowest BCUT2D eigenvalue weighted by molar-refractivity contribution is 0.0743. The molecular weight excluding hydrogens is 348 g/mol. The van der Waals surface area contributed by atoms with E-state index in [-0.39, 0.29) is 11.7 Å². The molecule has 0 spiro atoms. The van der Waals surface area contributed by atoms with Crippen molar-refractivity contribution >= 4 is 33.3 Å². The molecule has 0 bridgehead atoms. The number of nitrogens with zero attached hydrogens (tertiary/aromatic N) is 4. The minimum atomic E-state index is -0.126. The van der Waals surface area contributed by atoms with Crippen molar-refractivity contribution in [1.29, 1.82) is 0 Å². The van der Waals surface area contributed by atoms with Crippen LogP contribution in [-0.4, -0.2) is 52.1 Å². The first-order valence-electron chi connectivity index (χ1n) is 8.73. The number of aromatic nitrogens is 2. The molecular formula is C19H20N4O2S. The average molecular weight is 368 g/mol. The van der Waals surface area contributed by atoms with E-state index in [0.29, 0.717) is 31.7 Å². The summed E-state index contributed by atoms with van der Waals surface area (Å²) in [6.45, 7) is 4.76. The summed E-state index contributed by atoms with van der Waals surface area (Å²) >= 11 is 1.71. The first-order chi connectivity index (χ1) is 12.7. The molecule has 1 fully saturated rings. The number of thiophene rings is 1. The van der Waals surface area contributed by atoms with Crippen LogP contribution in [0.15, 0.2) is 36.7 Å². The van der Waals surface area contributed by atoms with Gasteiger partial charge in [0.15, 0.2) is 0 Å². The highest BCUT2D eigenvalue weighted by molar-refractivity contribution is 7.18. The number of aromatic hydroxyl groups is 1. The summed E-state index contributed by atoms with van der Waals surface area (Å²) in [5.41, 5.74) is 0.357. The number of carbonyl (C=O) groups is 1. The summed E-state index contributed by atoms with van der Waals surface area (Å²) in [7, 11) is 0. The van der Waals surface area contributed by atoms with Gasteiger partial charge in [-0.2, -0.15) is 0 Å². The van der Waals surface area contributed by atoms with Gasteiger partial charge in [0.1, 0.15) is 22.7 Å². The van der Waals surface area contributed by atoms with Crippen LogP contribution >= 0.6 is 11.3 Å². The van der Waals surface area contributed by atoms with Gasteiger partial charge >= 0.3 is 0 Å². The van der Waals surface area contributed by atoms with Crippen LogP contribution in [0.3, 0.4) is 0 Å². The Balaban J connectivity index is 1.51. The van der Waals surface area contributed by atoms with Crippen LogP contribution in [0.25, 0.3) is 10.2 Å². The van der Waals surface area contributed by atoms with Crippen LogP contribution in [0.4, 0.5) is 5.82 Å². The van der Waals surface area contributed by atoms with Crippen LogP contribution in [0.2, 0.25) is 0 Å². The van der Waals surface area contributed by atoms with E-state index in [4.69, 9.17) is 0 Å². The highest BCUT2D eigenvalue weighted by Gasteiger charge is 2.25. The predicted octanol–water partition coefficient (Wildman–Crippen LogP) is 2.92. The summed E-state index contributed by atoms with van der Waals surface area (Å²) in [6, 6.07) is 8.87. The molecule has 4 rings (SSSR count). The van der Waals surface area contributed by atoms with Crippen molar-refractivity contribution in [2.45, 2.75) is 13.3 Å². The third-order valence-electron chi connectivity index (χ3n) is 4.71. The van der Waals surface area contributed by atoms with E-state index in [1.165, 1.54) is 4.88 Å². The molecule has 1 saturated heterocycles. The molecule has 1 aromatic carbocycles. The normalized spacial score (nSPS) is 14.8. The molecule has 6 nitrogen and oxygen atoms in total. The van der Waals surface area contributed by atoms with E-state index in [0.717, 1.165) is 22.5 Å². The van der Waals surface area contributed by atoms with Gasteiger partial charge in [-0.3, -0.25) is 4.79 Å². The summed E-state index contributed by atoms with van der Waals surface area (Å²) in [5.74, 6) is 0.850. The molecule has 7 heteroatoms. The van der Waals surface area contributed by atoms with Gasteiger partial charge in [-0.25, -0.2) is 9.97 Å². The average Bonchev–Trinajstić information content (AvgIpc) is 3.11. The maximum absolute atomic E-state index is 12.6. The van der Waals surface area contributed by atoms with E-state index < -0.39 is 0 Å². The van der Waals surface area contributed by atoms with Gasteiger partial charge in [-0.1, -0.05) is 19.1 Å². The predicted molar refractivity (Wildman–Crippen MR) is 103 cm³/mol. The Morgan fingerprint density at radius 3 is 2.69 bits per heavy atom. The van der Waals surface area contributed by atoms with E-state index in [9.17, 15) is 9.90 Å². The minimum Gasteiger partial charge on any atom is -0.507 e. The Hall–Kier alpha value is -2.67. The molecule has 26 heavy (non-hydrogen) atoms. The molecule has 3 aromatic rings. The van der Waals surface area contributed by atoms with Gasteiger partial charge < -0.3 is 14.9 Å². The maximum atomic E-state index is 12.6. The molecule has 1 N–H and O–H groups in total. The number of fused-ring (bicyclic) bond motifs is 1. The Morgan fingerprint density at radius 1 is 1.19 bits per heavy atom. The molecule has 0 aliphatic carbocycles. The number of phenolic OH excluding ortho intramolecular Hbond substituents is 1. The Morgan fingerprint density at radius 2 is 1.96 bits per heavy atom. The van der Waals surface area contributed by atoms with Crippen LogP contribution in [-0.2, 0) is 6.42 Å². The number of aryl methyl sites for hydroxylation is 1. The molecule has 1 aliphatic rings. The smallest absolute Gasteiger partial charge is 0.257 e. The summed E-state index contributed by atoms with van der Waals surface area (Å²) in [4.78, 5) is 27.8. The third kappa shape index (κ3) is 2.99. The topological polar surface area (TPSA) is 69.6 Å². The van der Waals surface area contributed by atoms with E-state index >= 15 is 0 Å². The molecule has 134 valence electrons. The Kier molecular flexibility index (Phi) is 4.46. The zero-order valence-corrected chi connectivity index (χ0v) is 15.4. The molecule has 0 radical (unpaired) electrons. The zero-order valence-electron chi connectivity index (χ0n) is 14.6. The van der Waals surface area contributed by atoms with Crippen molar-refractivity contribution in [3.63, 3.8) is 0 Å². The maximum Gasteiger partial charge on any atom is 0.257 e. The number of rotatable bonds is 3. The Labute approximate surface area is 155 Å². The number of piperazine rings is 1. The first kappa shape index (κ1) is 16.8. The number of para-hydroxylation sites is 1. The highest BCUT2D eigenvalue weighted by Crippen LogP contribution is 2.31. The fraction of sp³-hybridized carbons (Fsp3) is 0.316. The van der Waals surface area contributed by atoms with Crippen molar-refractivity contribution in [3.8, 4) is 5.75 Å². The van der Waals surface area contributed by atoms with Gasteiger partial charge in [0.25, 0.3) is 5.91 Å². The Bertz CT molecular complexity index is 948. The standard InChI is InChI=1S/C19H20N4O2S/c1-2-13-11-15-17(20-12-21-18(15)26-13)22-7-9-23(10-8-22)19(25)14-5-3-4-6-16(14)24/h3-6,11-12,24H,2,7-10H2,1H3. The van der Waals surface area contributed by atoms with Crippen LogP contribution in [0.5, 0.6) is 5.75 Å². The molecule has 0 unspecified atom stereocenters. The van der Waals surface area contributed by atoms with E-state index in [1.807, 2.05) is 0 Å². The van der Waals surface area contributed by atoms with Crippen LogP contribution in [0, 0.1) is 0 Å². The van der Waals surface area contributed by atoms with Crippen LogP contribution in [0.1, 0.15) is 22.2 Å². The summed E-state index contributed by atoms with van der Waals surface area (Å²) in [5, 5.41) is 11.0. The van der Waals surface area contributed by atoms with Gasteiger partial charge in [0.2, 0.25) is 0 Å². The lowest BCUT2D eigenvalue weighted by Gasteiger charge is -2.35. The van der Waals surface area contributed by atoms with Gasteiger partial charge in [0.05, 0.1) is 10.9 Å². The second kappa shape index (κ2) is 6.92. The molecule has 1 aliphatic heterocycles. The number of amides is 1. The van der Waals surface area contributed by atoms with Crippen molar-refractivity contribution in [3.05, 3.63) is 47.1 Å². The van der Waals surface area contributed by atoms with Crippen molar-refractivity contribution < 1.29 is 9.90 Å². The number of hydrogen-bond donors (Lipinski definition) is 1. The summed E-state index contributed by atoms with van der Waals surface area (Å²) < 4.78 is 0. The summed E-state index contributed by atoms with van der Waals surface area (Å²) in [6.07, 6.45) is 2.61. The molecule has 0 saturated carbocycles. The van der Waals surface area contributed by atoms with Crippen LogP contribution < -0.4 is 4.90 Å². The molecule has 3 heterocycles. The van der Waals surface area contributed by atoms with Crippen molar-refractivity contribution in [2.75, 3.05) is 31.1 Å². The number of hydrogen-bond acceptors (Lipinski definition) is 6. The van der Waals surface area contributed by atoms with Gasteiger partial charge in [0, 0.05) is 31.1 Å². The van der Waals surface area contributed by atoms with Gasteiger partial charge in [-0.15, -0.1) is 11.3 Å². The van der Waals surface area contributed by atoms with E-state index in [2.05, 4.69) is 27.9 Å². The molecule has 2 aromatic heterocycles. The number of benzene rings is 1. The van der Waals surface area contributed by atoms with Gasteiger partial charge in [-0.05, 0) is 24.6 Å². The molecule has 0 atom stereocenters. The lowest BCUT2D eigenvalue weighted by atomic mass is 10.1. The second-order valence-electron chi connectivity index (χ2n) is 6.28. The monoisotopic (exact) mass is 368 g/mol. The fourth-order valence-electron chi connectivity index (χ4n) is 3.27. The molecule has 1 amide bonds. The van der Waals surface area contributed by atoms with Crippen molar-refractivity contribution in [1.82, 2.24) is 14.9 Å². The minimum absolute atomic E-state index is 0.0304. The largest absolute Gasteiger partial charge is 0.507 e. The second-order valence-corrected chi connectivity index (χ2v) is 7.39. The highest BCUT2D eigenvalue weighted by atomic mass is 32.1. The fourth-order valence-corrected chi connectivity index (χ4v) is 4.19. The zero-order chi connectivity index (χ0) is 18.1. The number of carbonyl (C=O) groups excluding carboxylic acids is 1. The lowest BCUT2D eigenvalue weighted by Crippen LogP contribution is -2.49. The number of anilines is 1. The first-order valence-corrected chi connectivity index (χ1v) is 9.54. The third-order valence-corrected chi connectivity index (χ3v) is 5.90. The van der Waals surface area contributed by atoms with Crippen molar-refractivity contribution in [2.24, 2.45) is 0 Å². The SMILES string of the molecule is CCc1cc2c(N3CCN(C(=O)c4ccccc4O)CC3)ncnc2s1.